The molecule has 2 aromatic rings. The first-order valence-corrected chi connectivity index (χ1v) is 9.82. The minimum Gasteiger partial charge on any atom is -0.480 e. The average Bonchev–Trinajstić information content (AvgIpc) is 2.70. The van der Waals surface area contributed by atoms with Crippen LogP contribution in [0.15, 0.2) is 54.6 Å². The normalized spacial score (nSPS) is 12.5. The van der Waals surface area contributed by atoms with E-state index in [1.165, 1.54) is 0 Å². The van der Waals surface area contributed by atoms with Crippen molar-refractivity contribution < 1.29 is 29.3 Å². The van der Waals surface area contributed by atoms with Crippen molar-refractivity contribution in [3.63, 3.8) is 0 Å². The third kappa shape index (κ3) is 7.70. The molecule has 29 heavy (non-hydrogen) atoms. The molecule has 0 aliphatic rings. The number of carboxylic acid groups (broad SMARTS) is 1. The predicted octanol–water partition coefficient (Wildman–Crippen LogP) is 1.69. The molecule has 0 aliphatic heterocycles. The Morgan fingerprint density at radius 3 is 2.28 bits per heavy atom. The van der Waals surface area contributed by atoms with E-state index in [1.807, 2.05) is 18.2 Å². The van der Waals surface area contributed by atoms with Gasteiger partial charge in [-0.3, -0.25) is 4.79 Å². The summed E-state index contributed by atoms with van der Waals surface area (Å²) < 4.78 is 5.95. The summed E-state index contributed by atoms with van der Waals surface area (Å²) in [7, 11) is 0. The summed E-state index contributed by atoms with van der Waals surface area (Å²) in [6, 6.07) is 13.6. The fourth-order valence-corrected chi connectivity index (χ4v) is 3.08. The first-order valence-electron chi connectivity index (χ1n) is 8.74. The average molecular weight is 512 g/mol. The number of carbonyl (C=O) groups excluding carboxylic acids is 2. The van der Waals surface area contributed by atoms with Crippen LogP contribution in [0, 0.1) is 3.57 Å². The molecular weight excluding hydrogens is 491 g/mol. The second-order valence-corrected chi connectivity index (χ2v) is 7.42. The van der Waals surface area contributed by atoms with E-state index >= 15 is 0 Å². The lowest BCUT2D eigenvalue weighted by Gasteiger charge is -2.20. The minimum atomic E-state index is -1.34. The van der Waals surface area contributed by atoms with Crippen LogP contribution in [-0.4, -0.2) is 46.9 Å². The van der Waals surface area contributed by atoms with Gasteiger partial charge in [0.2, 0.25) is 5.91 Å². The van der Waals surface area contributed by atoms with Gasteiger partial charge in [0.1, 0.15) is 18.7 Å². The van der Waals surface area contributed by atoms with E-state index in [1.54, 1.807) is 36.4 Å². The first kappa shape index (κ1) is 22.6. The number of hydrogen-bond donors (Lipinski definition) is 4. The van der Waals surface area contributed by atoms with Crippen molar-refractivity contribution in [1.82, 2.24) is 10.6 Å². The van der Waals surface area contributed by atoms with Gasteiger partial charge in [-0.05, 0) is 45.9 Å². The molecule has 0 fully saturated rings. The monoisotopic (exact) mass is 512 g/mol. The molecule has 0 bridgehead atoms. The highest BCUT2D eigenvalue weighted by atomic mass is 127. The van der Waals surface area contributed by atoms with E-state index in [2.05, 4.69) is 33.2 Å². The summed E-state index contributed by atoms with van der Waals surface area (Å²) in [6.45, 7) is -0.710. The van der Waals surface area contributed by atoms with Gasteiger partial charge in [-0.15, -0.1) is 0 Å². The molecule has 0 heterocycles. The van der Waals surface area contributed by atoms with Gasteiger partial charge in [-0.2, -0.15) is 0 Å². The van der Waals surface area contributed by atoms with Gasteiger partial charge in [0.15, 0.2) is 0 Å². The summed E-state index contributed by atoms with van der Waals surface area (Å²) in [5.41, 5.74) is 1.50. The number of alkyl carbamates (subject to hydrolysis) is 1. The maximum atomic E-state index is 12.3. The molecule has 0 unspecified atom stereocenters. The number of rotatable bonds is 9. The SMILES string of the molecule is O=C(N[C@@H](CO)C(=O)N[C@H](Cc1cccc(I)c1)C(=O)O)OCc1ccccc1. The molecule has 8 nitrogen and oxygen atoms in total. The fourth-order valence-electron chi connectivity index (χ4n) is 2.47. The summed E-state index contributed by atoms with van der Waals surface area (Å²) in [5.74, 6) is -2.04. The van der Waals surface area contributed by atoms with Gasteiger partial charge in [-0.25, -0.2) is 9.59 Å². The van der Waals surface area contributed by atoms with Crippen molar-refractivity contribution in [2.75, 3.05) is 6.61 Å². The van der Waals surface area contributed by atoms with Crippen LogP contribution < -0.4 is 10.6 Å². The molecule has 0 aromatic heterocycles. The second-order valence-electron chi connectivity index (χ2n) is 6.17. The highest BCUT2D eigenvalue weighted by molar-refractivity contribution is 14.1. The van der Waals surface area contributed by atoms with Crippen molar-refractivity contribution in [3.05, 3.63) is 69.3 Å². The number of benzene rings is 2. The molecule has 2 atom stereocenters. The predicted molar refractivity (Wildman–Crippen MR) is 113 cm³/mol. The Morgan fingerprint density at radius 1 is 0.966 bits per heavy atom. The van der Waals surface area contributed by atoms with Crippen LogP contribution in [0.25, 0.3) is 0 Å². The summed E-state index contributed by atoms with van der Waals surface area (Å²) in [4.78, 5) is 35.8. The van der Waals surface area contributed by atoms with Crippen molar-refractivity contribution in [3.8, 4) is 0 Å². The number of halogens is 1. The largest absolute Gasteiger partial charge is 0.480 e. The third-order valence-corrected chi connectivity index (χ3v) is 4.62. The minimum absolute atomic E-state index is 0.00314. The van der Waals surface area contributed by atoms with Crippen LogP contribution >= 0.6 is 22.6 Å². The Kier molecular flexibility index (Phi) is 8.87. The zero-order valence-corrected chi connectivity index (χ0v) is 17.5. The van der Waals surface area contributed by atoms with Gasteiger partial charge in [0.25, 0.3) is 0 Å². The Labute approximate surface area is 181 Å². The molecule has 2 aromatic carbocycles. The number of nitrogens with one attached hydrogen (secondary N) is 2. The van der Waals surface area contributed by atoms with Crippen molar-refractivity contribution >= 4 is 40.6 Å². The molecule has 2 amide bonds. The Hall–Kier alpha value is -2.66. The molecule has 0 saturated carbocycles. The van der Waals surface area contributed by atoms with E-state index in [-0.39, 0.29) is 13.0 Å². The molecule has 0 radical (unpaired) electrons. The number of aliphatic hydroxyl groups is 1. The van der Waals surface area contributed by atoms with Crippen LogP contribution in [-0.2, 0) is 27.4 Å². The lowest BCUT2D eigenvalue weighted by molar-refractivity contribution is -0.142. The Bertz CT molecular complexity index is 846. The first-order chi connectivity index (χ1) is 13.9. The second kappa shape index (κ2) is 11.4. The molecular formula is C20H21IN2O6. The fraction of sp³-hybridized carbons (Fsp3) is 0.250. The lowest BCUT2D eigenvalue weighted by Crippen LogP contribution is -2.53. The van der Waals surface area contributed by atoms with Gasteiger partial charge in [0, 0.05) is 9.99 Å². The molecule has 2 rings (SSSR count). The number of ether oxygens (including phenoxy) is 1. The quantitative estimate of drug-likeness (QED) is 0.379. The number of aliphatic carboxylic acids is 1. The number of carbonyl (C=O) groups is 3. The van der Waals surface area contributed by atoms with E-state index < -0.39 is 36.7 Å². The molecule has 0 saturated heterocycles. The highest BCUT2D eigenvalue weighted by Crippen LogP contribution is 2.10. The summed E-state index contributed by atoms with van der Waals surface area (Å²) in [5, 5.41) is 23.4. The van der Waals surface area contributed by atoms with Crippen molar-refractivity contribution in [2.45, 2.75) is 25.1 Å². The standard InChI is InChI=1S/C20H21IN2O6/c21-15-8-4-7-14(9-15)10-16(19(26)27)22-18(25)17(11-24)23-20(28)29-12-13-5-2-1-3-6-13/h1-9,16-17,24H,10-12H2,(H,22,25)(H,23,28)(H,26,27)/t16-,17+/m1/s1. The zero-order chi connectivity index (χ0) is 21.2. The van der Waals surface area contributed by atoms with E-state index in [0.717, 1.165) is 14.7 Å². The number of hydrogen-bond acceptors (Lipinski definition) is 5. The van der Waals surface area contributed by atoms with Crippen molar-refractivity contribution in [1.29, 1.82) is 0 Å². The maximum Gasteiger partial charge on any atom is 0.408 e. The van der Waals surface area contributed by atoms with E-state index in [0.29, 0.717) is 0 Å². The molecule has 9 heteroatoms. The summed E-state index contributed by atoms with van der Waals surface area (Å²) >= 11 is 2.11. The smallest absolute Gasteiger partial charge is 0.408 e. The lowest BCUT2D eigenvalue weighted by atomic mass is 10.1. The molecule has 0 aliphatic carbocycles. The molecule has 4 N–H and O–H groups in total. The van der Waals surface area contributed by atoms with Crippen LogP contribution in [0.1, 0.15) is 11.1 Å². The number of amides is 2. The molecule has 154 valence electrons. The number of carboxylic acids is 1. The number of aliphatic hydroxyl groups excluding tert-OH is 1. The maximum absolute atomic E-state index is 12.3. The van der Waals surface area contributed by atoms with E-state index in [4.69, 9.17) is 4.74 Å². The van der Waals surface area contributed by atoms with Gasteiger partial charge in [0.05, 0.1) is 6.61 Å². The van der Waals surface area contributed by atoms with Crippen molar-refractivity contribution in [2.24, 2.45) is 0 Å². The van der Waals surface area contributed by atoms with Crippen LogP contribution in [0.2, 0.25) is 0 Å². The third-order valence-electron chi connectivity index (χ3n) is 3.95. The van der Waals surface area contributed by atoms with E-state index in [9.17, 15) is 24.6 Å². The van der Waals surface area contributed by atoms with Gasteiger partial charge < -0.3 is 25.6 Å². The molecule has 0 spiro atoms. The highest BCUT2D eigenvalue weighted by Gasteiger charge is 2.26. The zero-order valence-electron chi connectivity index (χ0n) is 15.4. The van der Waals surface area contributed by atoms with Gasteiger partial charge in [-0.1, -0.05) is 42.5 Å². The van der Waals surface area contributed by atoms with Gasteiger partial charge >= 0.3 is 12.1 Å². The van der Waals surface area contributed by atoms with Crippen LogP contribution in [0.5, 0.6) is 0 Å². The Balaban J connectivity index is 1.92. The topological polar surface area (TPSA) is 125 Å². The summed E-state index contributed by atoms with van der Waals surface area (Å²) in [6.07, 6.45) is -0.832. The Morgan fingerprint density at radius 2 is 1.66 bits per heavy atom. The van der Waals surface area contributed by atoms with Crippen LogP contribution in [0.4, 0.5) is 4.79 Å². The van der Waals surface area contributed by atoms with Crippen LogP contribution in [0.3, 0.4) is 0 Å².